The van der Waals surface area contributed by atoms with Crippen LogP contribution in [0.15, 0.2) is 36.4 Å². The number of aliphatic hydroxyl groups is 1. The summed E-state index contributed by atoms with van der Waals surface area (Å²) in [6, 6.07) is 7.93. The monoisotopic (exact) mass is 311 g/mol. The van der Waals surface area contributed by atoms with Gasteiger partial charge >= 0.3 is 0 Å². The van der Waals surface area contributed by atoms with Crippen molar-refractivity contribution in [3.8, 4) is 11.5 Å². The van der Waals surface area contributed by atoms with Crippen LogP contribution in [0.25, 0.3) is 0 Å². The van der Waals surface area contributed by atoms with E-state index >= 15 is 0 Å². The lowest BCUT2D eigenvalue weighted by molar-refractivity contribution is -0.384. The van der Waals surface area contributed by atoms with Gasteiger partial charge in [-0.25, -0.2) is 4.39 Å². The molecule has 0 aliphatic rings. The second kappa shape index (κ2) is 6.07. The van der Waals surface area contributed by atoms with Crippen LogP contribution in [0.2, 0.25) is 5.02 Å². The number of benzene rings is 2. The fraction of sp³-hybridized carbons (Fsp3) is 0.143. The highest BCUT2D eigenvalue weighted by Crippen LogP contribution is 2.34. The van der Waals surface area contributed by atoms with Gasteiger partial charge in [0.05, 0.1) is 16.6 Å². The van der Waals surface area contributed by atoms with Crippen molar-refractivity contribution < 1.29 is 19.2 Å². The number of nitro groups is 1. The van der Waals surface area contributed by atoms with E-state index in [2.05, 4.69) is 0 Å². The number of ether oxygens (including phenoxy) is 1. The molecule has 0 heterocycles. The smallest absolute Gasteiger partial charge is 0.288 e. The van der Waals surface area contributed by atoms with Crippen LogP contribution < -0.4 is 4.74 Å². The molecule has 1 atom stereocenters. The van der Waals surface area contributed by atoms with Crippen molar-refractivity contribution in [3.63, 3.8) is 0 Å². The van der Waals surface area contributed by atoms with E-state index in [1.165, 1.54) is 43.3 Å². The lowest BCUT2D eigenvalue weighted by Crippen LogP contribution is -2.00. The fourth-order valence-electron chi connectivity index (χ4n) is 1.84. The maximum atomic E-state index is 13.7. The van der Waals surface area contributed by atoms with Gasteiger partial charge in [0.25, 0.3) is 5.69 Å². The maximum Gasteiger partial charge on any atom is 0.288 e. The minimum Gasteiger partial charge on any atom is -0.457 e. The average molecular weight is 312 g/mol. The number of nitrogens with zero attached hydrogens (tertiary/aromatic N) is 1. The highest BCUT2D eigenvalue weighted by atomic mass is 35.5. The molecule has 1 N–H and O–H groups in total. The normalized spacial score (nSPS) is 12.0. The largest absolute Gasteiger partial charge is 0.457 e. The van der Waals surface area contributed by atoms with Crippen molar-refractivity contribution in [2.45, 2.75) is 13.0 Å². The van der Waals surface area contributed by atoms with Gasteiger partial charge in [-0.15, -0.1) is 0 Å². The summed E-state index contributed by atoms with van der Waals surface area (Å²) in [7, 11) is 0. The molecule has 0 aliphatic carbocycles. The first kappa shape index (κ1) is 15.2. The predicted octanol–water partition coefficient (Wildman–Crippen LogP) is 4.23. The Morgan fingerprint density at radius 1 is 1.38 bits per heavy atom. The third kappa shape index (κ3) is 3.29. The van der Waals surface area contributed by atoms with Crippen LogP contribution in [0.4, 0.5) is 10.1 Å². The van der Waals surface area contributed by atoms with E-state index < -0.39 is 16.8 Å². The molecule has 2 aromatic carbocycles. The molecule has 110 valence electrons. The highest BCUT2D eigenvalue weighted by molar-refractivity contribution is 6.32. The zero-order valence-electron chi connectivity index (χ0n) is 10.9. The number of hydrogen-bond donors (Lipinski definition) is 1. The van der Waals surface area contributed by atoms with Gasteiger partial charge in [-0.05, 0) is 25.1 Å². The molecule has 0 bridgehead atoms. The van der Waals surface area contributed by atoms with Crippen LogP contribution in [0.3, 0.4) is 0 Å². The van der Waals surface area contributed by atoms with Crippen molar-refractivity contribution >= 4 is 17.3 Å². The molecule has 2 aromatic rings. The van der Waals surface area contributed by atoms with Crippen LogP contribution in [0.1, 0.15) is 18.6 Å². The van der Waals surface area contributed by atoms with Gasteiger partial charge in [0.15, 0.2) is 0 Å². The zero-order valence-corrected chi connectivity index (χ0v) is 11.7. The van der Waals surface area contributed by atoms with E-state index in [0.717, 1.165) is 0 Å². The Bertz CT molecular complexity index is 691. The van der Waals surface area contributed by atoms with E-state index in [0.29, 0.717) is 0 Å². The second-order valence-electron chi connectivity index (χ2n) is 4.30. The van der Waals surface area contributed by atoms with Gasteiger partial charge in [0.1, 0.15) is 22.3 Å². The summed E-state index contributed by atoms with van der Waals surface area (Å²) >= 11 is 5.78. The second-order valence-corrected chi connectivity index (χ2v) is 4.71. The summed E-state index contributed by atoms with van der Waals surface area (Å²) in [4.78, 5) is 10.1. The van der Waals surface area contributed by atoms with E-state index in [-0.39, 0.29) is 27.8 Å². The summed E-state index contributed by atoms with van der Waals surface area (Å²) in [5.41, 5.74) is -0.244. The van der Waals surface area contributed by atoms with Gasteiger partial charge in [-0.3, -0.25) is 10.1 Å². The van der Waals surface area contributed by atoms with Crippen LogP contribution in [0, 0.1) is 15.9 Å². The first-order valence-corrected chi connectivity index (χ1v) is 6.36. The first-order valence-electron chi connectivity index (χ1n) is 5.98. The number of rotatable bonds is 4. The van der Waals surface area contributed by atoms with Crippen LogP contribution in [0.5, 0.6) is 11.5 Å². The quantitative estimate of drug-likeness (QED) is 0.677. The van der Waals surface area contributed by atoms with Gasteiger partial charge in [-0.1, -0.05) is 17.7 Å². The van der Waals surface area contributed by atoms with Crippen molar-refractivity contribution in [2.75, 3.05) is 0 Å². The molecule has 0 spiro atoms. The van der Waals surface area contributed by atoms with E-state index in [4.69, 9.17) is 16.3 Å². The predicted molar refractivity (Wildman–Crippen MR) is 75.2 cm³/mol. The lowest BCUT2D eigenvalue weighted by Gasteiger charge is -2.14. The maximum absolute atomic E-state index is 13.7. The molecule has 0 saturated heterocycles. The summed E-state index contributed by atoms with van der Waals surface area (Å²) in [6.45, 7) is 1.41. The van der Waals surface area contributed by atoms with E-state index in [1.807, 2.05) is 0 Å². The van der Waals surface area contributed by atoms with Crippen LogP contribution in [-0.2, 0) is 0 Å². The summed E-state index contributed by atoms with van der Waals surface area (Å²) in [5, 5.41) is 20.2. The molecule has 0 saturated carbocycles. The molecule has 2 rings (SSSR count). The lowest BCUT2D eigenvalue weighted by atomic mass is 10.1. The van der Waals surface area contributed by atoms with Crippen LogP contribution >= 0.6 is 11.6 Å². The molecule has 5 nitrogen and oxygen atoms in total. The third-order valence-corrected chi connectivity index (χ3v) is 3.08. The van der Waals surface area contributed by atoms with Crippen LogP contribution in [-0.4, -0.2) is 10.0 Å². The number of hydrogen-bond acceptors (Lipinski definition) is 4. The molecule has 7 heteroatoms. The zero-order chi connectivity index (χ0) is 15.6. The Morgan fingerprint density at radius 2 is 2.10 bits per heavy atom. The molecular formula is C14H11ClFNO4. The third-order valence-electron chi connectivity index (χ3n) is 2.77. The van der Waals surface area contributed by atoms with Crippen molar-refractivity contribution in [2.24, 2.45) is 0 Å². The molecule has 0 radical (unpaired) electrons. The SMILES string of the molecule is C[C@H](O)c1c(F)cccc1Oc1ccc([N+](=O)[O-])c(Cl)c1. The standard InChI is InChI=1S/C14H11ClFNO4/c1-8(18)14-11(16)3-2-4-13(14)21-9-5-6-12(17(19)20)10(15)7-9/h2-8,18H,1H3/t8-/m0/s1. The molecule has 0 unspecified atom stereocenters. The Labute approximate surface area is 124 Å². The van der Waals surface area contributed by atoms with E-state index in [1.54, 1.807) is 0 Å². The Kier molecular flexibility index (Phi) is 4.40. The van der Waals surface area contributed by atoms with Gasteiger partial charge in [0, 0.05) is 12.1 Å². The summed E-state index contributed by atoms with van der Waals surface area (Å²) in [5.74, 6) is -0.275. The van der Waals surface area contributed by atoms with Gasteiger partial charge in [0.2, 0.25) is 0 Å². The number of halogens is 2. The molecular weight excluding hydrogens is 301 g/mol. The molecule has 21 heavy (non-hydrogen) atoms. The minimum absolute atomic E-state index is 0.00646. The first-order chi connectivity index (χ1) is 9.90. The Hall–Kier alpha value is -2.18. The molecule has 0 aliphatic heterocycles. The Balaban J connectivity index is 2.37. The molecule has 0 amide bonds. The van der Waals surface area contributed by atoms with Crippen molar-refractivity contribution in [1.29, 1.82) is 0 Å². The topological polar surface area (TPSA) is 72.6 Å². The van der Waals surface area contributed by atoms with Crippen molar-refractivity contribution in [3.05, 3.63) is 62.9 Å². The molecule has 0 aromatic heterocycles. The fourth-order valence-corrected chi connectivity index (χ4v) is 2.08. The minimum atomic E-state index is -1.06. The van der Waals surface area contributed by atoms with Gasteiger partial charge in [-0.2, -0.15) is 0 Å². The summed E-state index contributed by atoms with van der Waals surface area (Å²) < 4.78 is 19.2. The van der Waals surface area contributed by atoms with Gasteiger partial charge < -0.3 is 9.84 Å². The Morgan fingerprint density at radius 3 is 2.67 bits per heavy atom. The average Bonchev–Trinajstić information content (AvgIpc) is 2.37. The molecule has 0 fully saturated rings. The van der Waals surface area contributed by atoms with Crippen molar-refractivity contribution in [1.82, 2.24) is 0 Å². The number of nitro benzene ring substituents is 1. The highest BCUT2D eigenvalue weighted by Gasteiger charge is 2.17. The van der Waals surface area contributed by atoms with E-state index in [9.17, 15) is 19.6 Å². The summed E-state index contributed by atoms with van der Waals surface area (Å²) in [6.07, 6.45) is -1.06. The number of aliphatic hydroxyl groups excluding tert-OH is 1.